The van der Waals surface area contributed by atoms with Crippen LogP contribution >= 0.6 is 0 Å². The first-order chi connectivity index (χ1) is 24.8. The second kappa shape index (κ2) is 10.8. The van der Waals surface area contributed by atoms with Gasteiger partial charge in [-0.05, 0) is 136 Å². The van der Waals surface area contributed by atoms with Crippen LogP contribution in [0.15, 0.2) is 152 Å². The highest BCUT2D eigenvalue weighted by Crippen LogP contribution is 2.69. The lowest BCUT2D eigenvalue weighted by Crippen LogP contribution is -2.55. The highest BCUT2D eigenvalue weighted by atomic mass is 15.2. The highest BCUT2D eigenvalue weighted by Gasteiger charge is 2.61. The Morgan fingerprint density at radius 2 is 1.18 bits per heavy atom. The zero-order valence-corrected chi connectivity index (χ0v) is 28.2. The van der Waals surface area contributed by atoms with Crippen molar-refractivity contribution in [3.63, 3.8) is 0 Å². The molecule has 0 saturated heterocycles. The van der Waals surface area contributed by atoms with Gasteiger partial charge in [-0.25, -0.2) is 0 Å². The van der Waals surface area contributed by atoms with Crippen LogP contribution in [0.3, 0.4) is 0 Å². The summed E-state index contributed by atoms with van der Waals surface area (Å²) in [7, 11) is 0. The quantitative estimate of drug-likeness (QED) is 0.198. The van der Waals surface area contributed by atoms with E-state index in [0.29, 0.717) is 0 Å². The summed E-state index contributed by atoms with van der Waals surface area (Å²) >= 11 is 0. The fourth-order valence-corrected chi connectivity index (χ4v) is 11.4. The molecule has 12 rings (SSSR count). The third kappa shape index (κ3) is 4.02. The van der Waals surface area contributed by atoms with Crippen molar-refractivity contribution in [2.45, 2.75) is 37.5 Å². The summed E-state index contributed by atoms with van der Waals surface area (Å²) in [6.07, 6.45) is 11.3. The molecule has 4 saturated carbocycles. The third-order valence-corrected chi connectivity index (χ3v) is 13.1. The van der Waals surface area contributed by atoms with E-state index in [4.69, 9.17) is 0 Å². The highest BCUT2D eigenvalue weighted by molar-refractivity contribution is 6.06. The van der Waals surface area contributed by atoms with Crippen LogP contribution in [-0.4, -0.2) is 4.98 Å². The van der Waals surface area contributed by atoms with Crippen LogP contribution in [0.5, 0.6) is 0 Å². The number of aromatic amines is 1. The fraction of sp³-hybridized carbons (Fsp3) is 0.208. The van der Waals surface area contributed by atoms with Crippen molar-refractivity contribution in [1.82, 2.24) is 4.98 Å². The summed E-state index contributed by atoms with van der Waals surface area (Å²) in [6, 6.07) is 52.4. The summed E-state index contributed by atoms with van der Waals surface area (Å²) in [5, 5.41) is 2.52. The molecule has 2 nitrogen and oxygen atoms in total. The van der Waals surface area contributed by atoms with Crippen molar-refractivity contribution >= 4 is 27.8 Å². The Kier molecular flexibility index (Phi) is 6.17. The van der Waals surface area contributed by atoms with E-state index >= 15 is 0 Å². The molecule has 6 aromatic carbocycles. The number of anilines is 3. The number of aromatic nitrogens is 1. The first kappa shape index (κ1) is 28.5. The van der Waals surface area contributed by atoms with Crippen molar-refractivity contribution < 1.29 is 0 Å². The lowest BCUT2D eigenvalue weighted by molar-refractivity contribution is -0.0399. The lowest BCUT2D eigenvalue weighted by atomic mass is 9.43. The minimum Gasteiger partial charge on any atom is -0.366 e. The largest absolute Gasteiger partial charge is 0.366 e. The van der Waals surface area contributed by atoms with Gasteiger partial charge >= 0.3 is 0 Å². The van der Waals surface area contributed by atoms with Crippen LogP contribution < -0.4 is 4.90 Å². The first-order valence-electron chi connectivity index (χ1n) is 18.6. The Labute approximate surface area is 294 Å². The van der Waals surface area contributed by atoms with Crippen molar-refractivity contribution in [2.24, 2.45) is 23.7 Å². The van der Waals surface area contributed by atoms with Gasteiger partial charge in [0.15, 0.2) is 0 Å². The second-order valence-electron chi connectivity index (χ2n) is 15.5. The number of nitrogens with zero attached hydrogens (tertiary/aromatic N) is 1. The van der Waals surface area contributed by atoms with E-state index in [0.717, 1.165) is 35.0 Å². The Bertz CT molecular complexity index is 2370. The topological polar surface area (TPSA) is 19.0 Å². The molecule has 2 heteroatoms. The minimum atomic E-state index is 0.204. The third-order valence-electron chi connectivity index (χ3n) is 13.1. The molecule has 1 aromatic heterocycles. The summed E-state index contributed by atoms with van der Waals surface area (Å²) in [5.41, 5.74) is 14.9. The van der Waals surface area contributed by atoms with Gasteiger partial charge in [-0.1, -0.05) is 109 Å². The van der Waals surface area contributed by atoms with Gasteiger partial charge in [0.1, 0.15) is 0 Å². The molecule has 0 aliphatic heterocycles. The molecule has 4 bridgehead atoms. The average Bonchev–Trinajstić information content (AvgIpc) is 3.79. The van der Waals surface area contributed by atoms with Gasteiger partial charge in [-0.2, -0.15) is 0 Å². The molecule has 5 aliphatic carbocycles. The molecule has 0 amide bonds. The van der Waals surface area contributed by atoms with Crippen molar-refractivity contribution in [1.29, 1.82) is 0 Å². The minimum absolute atomic E-state index is 0.204. The van der Waals surface area contributed by atoms with E-state index in [1.54, 1.807) is 11.1 Å². The molecule has 0 atom stereocenters. The number of nitrogens with one attached hydrogen (secondary N) is 1. The Hall–Kier alpha value is -5.34. The predicted molar refractivity (Wildman–Crippen MR) is 207 cm³/mol. The number of benzene rings is 6. The van der Waals surface area contributed by atoms with Gasteiger partial charge in [0, 0.05) is 28.9 Å². The molecule has 1 heterocycles. The van der Waals surface area contributed by atoms with Crippen LogP contribution in [0.4, 0.5) is 17.1 Å². The lowest BCUT2D eigenvalue weighted by Gasteiger charge is -2.61. The number of fused-ring (bicyclic) bond motifs is 4. The fourth-order valence-electron chi connectivity index (χ4n) is 11.4. The van der Waals surface area contributed by atoms with E-state index in [9.17, 15) is 0 Å². The van der Waals surface area contributed by atoms with Gasteiger partial charge in [0.2, 0.25) is 0 Å². The molecule has 50 heavy (non-hydrogen) atoms. The standard InChI is InChI=1S/C48H40N2/c1-2-9-33(10-3-1)34-11-6-12-38(28-34)50(39-21-22-49-30-39)47-18-8-15-41-40(14-7-16-43(41)47)35-19-20-46-44(29-35)42-13-4-5-17-45(42)48(46)36-24-31-23-32(26-36)27-37(48)25-31/h1-22,28-32,36-37,49H,23-27H2. The Morgan fingerprint density at radius 3 is 2.00 bits per heavy atom. The normalized spacial score (nSPS) is 24.1. The SMILES string of the molecule is c1ccc(-c2cccc(N(c3cc[nH]c3)c3cccc4c(-c5ccc6c(c5)-c5ccccc5C65C6CC7CC(C6)CC5C7)cccc34)c2)cc1. The molecule has 7 aromatic rings. The molecule has 4 fully saturated rings. The number of hydrogen-bond acceptors (Lipinski definition) is 1. The van der Waals surface area contributed by atoms with Gasteiger partial charge in [-0.3, -0.25) is 0 Å². The monoisotopic (exact) mass is 644 g/mol. The first-order valence-corrected chi connectivity index (χ1v) is 18.6. The predicted octanol–water partition coefficient (Wildman–Crippen LogP) is 12.7. The smallest absolute Gasteiger partial charge is 0.0636 e. The summed E-state index contributed by atoms with van der Waals surface area (Å²) in [4.78, 5) is 5.71. The number of H-pyrrole nitrogens is 1. The Morgan fingerprint density at radius 1 is 0.480 bits per heavy atom. The summed E-state index contributed by atoms with van der Waals surface area (Å²) < 4.78 is 0. The average molecular weight is 645 g/mol. The van der Waals surface area contributed by atoms with Crippen LogP contribution in [0, 0.1) is 23.7 Å². The van der Waals surface area contributed by atoms with Gasteiger partial charge in [0.25, 0.3) is 0 Å². The van der Waals surface area contributed by atoms with Crippen molar-refractivity contribution in [3.05, 3.63) is 163 Å². The molecule has 5 aliphatic rings. The summed E-state index contributed by atoms with van der Waals surface area (Å²) in [5.74, 6) is 3.48. The van der Waals surface area contributed by atoms with Crippen LogP contribution in [0.1, 0.15) is 43.2 Å². The summed E-state index contributed by atoms with van der Waals surface area (Å²) in [6.45, 7) is 0. The molecule has 1 N–H and O–H groups in total. The molecular formula is C48H40N2. The molecule has 242 valence electrons. The maximum absolute atomic E-state index is 3.32. The van der Waals surface area contributed by atoms with Crippen LogP contribution in [0.2, 0.25) is 0 Å². The van der Waals surface area contributed by atoms with E-state index in [1.165, 1.54) is 81.9 Å². The number of rotatable bonds is 5. The van der Waals surface area contributed by atoms with Gasteiger partial charge in [0.05, 0.1) is 11.4 Å². The van der Waals surface area contributed by atoms with E-state index in [2.05, 4.69) is 156 Å². The Balaban J connectivity index is 1.06. The van der Waals surface area contributed by atoms with Crippen LogP contribution in [-0.2, 0) is 5.41 Å². The molecule has 0 radical (unpaired) electrons. The van der Waals surface area contributed by atoms with E-state index in [-0.39, 0.29) is 5.41 Å². The van der Waals surface area contributed by atoms with Crippen molar-refractivity contribution in [3.8, 4) is 33.4 Å². The van der Waals surface area contributed by atoms with Gasteiger partial charge in [-0.15, -0.1) is 0 Å². The van der Waals surface area contributed by atoms with E-state index < -0.39 is 0 Å². The maximum Gasteiger partial charge on any atom is 0.0636 e. The zero-order chi connectivity index (χ0) is 32.8. The number of hydrogen-bond donors (Lipinski definition) is 1. The molecule has 0 unspecified atom stereocenters. The molecule has 1 spiro atoms. The second-order valence-corrected chi connectivity index (χ2v) is 15.5. The van der Waals surface area contributed by atoms with E-state index in [1.807, 2.05) is 6.20 Å². The maximum atomic E-state index is 3.32. The van der Waals surface area contributed by atoms with Crippen LogP contribution in [0.25, 0.3) is 44.2 Å². The zero-order valence-electron chi connectivity index (χ0n) is 28.2. The van der Waals surface area contributed by atoms with Crippen molar-refractivity contribution in [2.75, 3.05) is 4.90 Å². The van der Waals surface area contributed by atoms with Gasteiger partial charge < -0.3 is 9.88 Å². The molecular weight excluding hydrogens is 605 g/mol.